The molecular weight excluding hydrogens is 486 g/mol. The van der Waals surface area contributed by atoms with Gasteiger partial charge in [0.2, 0.25) is 0 Å². The molecule has 0 bridgehead atoms. The van der Waals surface area contributed by atoms with Gasteiger partial charge >= 0.3 is 5.97 Å². The number of hydrogen-bond donors (Lipinski definition) is 1. The largest absolute Gasteiger partial charge is 0.468 e. The van der Waals surface area contributed by atoms with Gasteiger partial charge in [0, 0.05) is 11.3 Å². The first-order valence-electron chi connectivity index (χ1n) is 10.6. The van der Waals surface area contributed by atoms with Crippen LogP contribution < -0.4 is 9.52 Å². The Kier molecular flexibility index (Phi) is 6.86. The Bertz CT molecular complexity index is 1600. The van der Waals surface area contributed by atoms with Gasteiger partial charge < -0.3 is 9.30 Å². The predicted octanol–water partition coefficient (Wildman–Crippen LogP) is 4.03. The Labute approximate surface area is 206 Å². The van der Waals surface area contributed by atoms with Crippen molar-refractivity contribution in [3.63, 3.8) is 0 Å². The van der Waals surface area contributed by atoms with Gasteiger partial charge in [-0.2, -0.15) is 4.99 Å². The molecule has 0 unspecified atom stereocenters. The lowest BCUT2D eigenvalue weighted by molar-refractivity contribution is -0.141. The Morgan fingerprint density at radius 3 is 2.49 bits per heavy atom. The van der Waals surface area contributed by atoms with Crippen molar-refractivity contribution in [3.8, 4) is 0 Å². The summed E-state index contributed by atoms with van der Waals surface area (Å²) in [4.78, 5) is 29.9. The van der Waals surface area contributed by atoms with Gasteiger partial charge in [0.25, 0.3) is 15.9 Å². The van der Waals surface area contributed by atoms with E-state index in [1.807, 2.05) is 26.0 Å². The molecule has 1 N–H and O–H groups in total. The van der Waals surface area contributed by atoms with Gasteiger partial charge in [0.05, 0.1) is 22.2 Å². The number of amides is 1. The third-order valence-electron chi connectivity index (χ3n) is 5.24. The van der Waals surface area contributed by atoms with Gasteiger partial charge in [-0.15, -0.1) is 0 Å². The Morgan fingerprint density at radius 1 is 1.03 bits per heavy atom. The van der Waals surface area contributed by atoms with E-state index in [-0.39, 0.29) is 22.7 Å². The summed E-state index contributed by atoms with van der Waals surface area (Å²) >= 11 is 1.30. The predicted molar refractivity (Wildman–Crippen MR) is 135 cm³/mol. The zero-order valence-electron chi connectivity index (χ0n) is 19.3. The van der Waals surface area contributed by atoms with Gasteiger partial charge in [-0.3, -0.25) is 14.3 Å². The summed E-state index contributed by atoms with van der Waals surface area (Å²) in [7, 11) is -2.51. The third-order valence-corrected chi connectivity index (χ3v) is 7.87. The molecule has 0 saturated heterocycles. The molecule has 0 radical (unpaired) electrons. The Balaban J connectivity index is 1.73. The Hall–Kier alpha value is -3.76. The smallest absolute Gasteiger partial charge is 0.325 e. The lowest BCUT2D eigenvalue weighted by atomic mass is 10.1. The maximum atomic E-state index is 13.1. The fraction of sp³-hybridized carbons (Fsp3) is 0.160. The number of nitrogens with one attached hydrogen (secondary N) is 1. The molecule has 1 heterocycles. The van der Waals surface area contributed by atoms with Crippen LogP contribution in [0, 0.1) is 13.8 Å². The zero-order chi connectivity index (χ0) is 25.2. The van der Waals surface area contributed by atoms with Gasteiger partial charge in [-0.25, -0.2) is 8.42 Å². The molecule has 1 amide bonds. The van der Waals surface area contributed by atoms with Crippen molar-refractivity contribution >= 4 is 49.1 Å². The minimum atomic E-state index is -3.81. The number of rotatable bonds is 6. The number of aryl methyl sites for hydroxylation is 2. The van der Waals surface area contributed by atoms with Crippen LogP contribution in [0.15, 0.2) is 76.6 Å². The van der Waals surface area contributed by atoms with E-state index in [2.05, 4.69) is 9.71 Å². The van der Waals surface area contributed by atoms with E-state index in [4.69, 9.17) is 4.74 Å². The molecule has 0 aliphatic heterocycles. The summed E-state index contributed by atoms with van der Waals surface area (Å²) in [5.41, 5.74) is 3.25. The number of anilines is 1. The second-order valence-electron chi connectivity index (χ2n) is 7.89. The van der Waals surface area contributed by atoms with Gasteiger partial charge in [-0.1, -0.05) is 41.7 Å². The first-order chi connectivity index (χ1) is 16.7. The molecule has 0 aliphatic rings. The molecule has 0 fully saturated rings. The second kappa shape index (κ2) is 9.85. The first kappa shape index (κ1) is 24.4. The highest BCUT2D eigenvalue weighted by molar-refractivity contribution is 7.92. The highest BCUT2D eigenvalue weighted by Crippen LogP contribution is 2.24. The van der Waals surface area contributed by atoms with Crippen molar-refractivity contribution in [2.24, 2.45) is 4.99 Å². The number of carbonyl (C=O) groups is 2. The van der Waals surface area contributed by atoms with Crippen LogP contribution in [-0.2, 0) is 26.1 Å². The molecule has 3 aromatic carbocycles. The average Bonchev–Trinajstić information content (AvgIpc) is 3.16. The number of hydrogen-bond acceptors (Lipinski definition) is 6. The van der Waals surface area contributed by atoms with Crippen LogP contribution in [0.4, 0.5) is 5.69 Å². The van der Waals surface area contributed by atoms with Gasteiger partial charge in [0.1, 0.15) is 6.54 Å². The number of carbonyl (C=O) groups excluding carboxylic acids is 2. The molecule has 4 rings (SSSR count). The summed E-state index contributed by atoms with van der Waals surface area (Å²) in [5, 5.41) is 0. The second-order valence-corrected chi connectivity index (χ2v) is 10.6. The van der Waals surface area contributed by atoms with Gasteiger partial charge in [0.15, 0.2) is 4.80 Å². The van der Waals surface area contributed by atoms with E-state index >= 15 is 0 Å². The molecule has 35 heavy (non-hydrogen) atoms. The molecule has 0 aliphatic carbocycles. The maximum Gasteiger partial charge on any atom is 0.325 e. The van der Waals surface area contributed by atoms with E-state index in [0.29, 0.717) is 4.80 Å². The number of ether oxygens (including phenoxy) is 1. The molecule has 8 nitrogen and oxygen atoms in total. The number of fused-ring (bicyclic) bond motifs is 1. The van der Waals surface area contributed by atoms with E-state index in [0.717, 1.165) is 21.3 Å². The quantitative estimate of drug-likeness (QED) is 0.395. The SMILES string of the molecule is COC(=O)Cn1c(=NC(=O)c2cccc(NS(=O)(=O)c3ccccc3)c2)sc2c(C)cc(C)cc21. The number of benzene rings is 3. The number of nitrogens with zero attached hydrogens (tertiary/aromatic N) is 2. The van der Waals surface area contributed by atoms with Crippen molar-refractivity contribution < 1.29 is 22.7 Å². The fourth-order valence-electron chi connectivity index (χ4n) is 3.63. The van der Waals surface area contributed by atoms with Crippen molar-refractivity contribution in [2.45, 2.75) is 25.3 Å². The van der Waals surface area contributed by atoms with Crippen molar-refractivity contribution in [1.82, 2.24) is 4.57 Å². The number of thiazole rings is 1. The van der Waals surface area contributed by atoms with Crippen molar-refractivity contribution in [2.75, 3.05) is 11.8 Å². The molecule has 1 aromatic heterocycles. The normalized spacial score (nSPS) is 12.0. The minimum Gasteiger partial charge on any atom is -0.468 e. The van der Waals surface area contributed by atoms with E-state index in [1.54, 1.807) is 41.0 Å². The number of aromatic nitrogens is 1. The summed E-state index contributed by atoms with van der Waals surface area (Å²) in [6, 6.07) is 18.0. The van der Waals surface area contributed by atoms with Crippen LogP contribution in [0.2, 0.25) is 0 Å². The monoisotopic (exact) mass is 509 g/mol. The number of sulfonamides is 1. The van der Waals surface area contributed by atoms with Crippen LogP contribution in [0.25, 0.3) is 10.2 Å². The molecule has 180 valence electrons. The first-order valence-corrected chi connectivity index (χ1v) is 12.9. The maximum absolute atomic E-state index is 13.1. The van der Waals surface area contributed by atoms with Crippen molar-refractivity contribution in [3.05, 3.63) is 88.2 Å². The van der Waals surface area contributed by atoms with Crippen molar-refractivity contribution in [1.29, 1.82) is 0 Å². The van der Waals surface area contributed by atoms with E-state index < -0.39 is 21.9 Å². The summed E-state index contributed by atoms with van der Waals surface area (Å²) < 4.78 is 35.2. The highest BCUT2D eigenvalue weighted by atomic mass is 32.2. The van der Waals surface area contributed by atoms with Crippen LogP contribution in [0.1, 0.15) is 21.5 Å². The summed E-state index contributed by atoms with van der Waals surface area (Å²) in [6.45, 7) is 3.82. The molecular formula is C25H23N3O5S2. The lowest BCUT2D eigenvalue weighted by Gasteiger charge is -2.08. The molecule has 0 spiro atoms. The molecule has 0 atom stereocenters. The average molecular weight is 510 g/mol. The third kappa shape index (κ3) is 5.33. The molecule has 0 saturated carbocycles. The van der Waals surface area contributed by atoms with E-state index in [1.165, 1.54) is 36.6 Å². The van der Waals surface area contributed by atoms with Crippen LogP contribution in [-0.4, -0.2) is 32.0 Å². The molecule has 10 heteroatoms. The van der Waals surface area contributed by atoms with E-state index in [9.17, 15) is 18.0 Å². The topological polar surface area (TPSA) is 107 Å². The number of esters is 1. The number of methoxy groups -OCH3 is 1. The van der Waals surface area contributed by atoms with Gasteiger partial charge in [-0.05, 0) is 61.4 Å². The molecule has 4 aromatic rings. The van der Waals surface area contributed by atoms with Crippen LogP contribution in [0.5, 0.6) is 0 Å². The Morgan fingerprint density at radius 2 is 1.77 bits per heavy atom. The summed E-state index contributed by atoms with van der Waals surface area (Å²) in [5.74, 6) is -1.03. The highest BCUT2D eigenvalue weighted by Gasteiger charge is 2.16. The fourth-order valence-corrected chi connectivity index (χ4v) is 5.77. The summed E-state index contributed by atoms with van der Waals surface area (Å²) in [6.07, 6.45) is 0. The van der Waals surface area contributed by atoms with Crippen LogP contribution in [0.3, 0.4) is 0 Å². The standard InChI is InChI=1S/C25H23N3O5S2/c1-16-12-17(2)23-21(13-16)28(15-22(29)33-3)25(34-23)26-24(30)18-8-7-9-19(14-18)27-35(31,32)20-10-5-4-6-11-20/h4-14,27H,15H2,1-3H3. The minimum absolute atomic E-state index is 0.0948. The zero-order valence-corrected chi connectivity index (χ0v) is 20.9. The lowest BCUT2D eigenvalue weighted by Crippen LogP contribution is -2.22. The van der Waals surface area contributed by atoms with Crippen LogP contribution >= 0.6 is 11.3 Å².